The molecule has 0 amide bonds. The molecule has 0 heterocycles. The Morgan fingerprint density at radius 3 is 2.00 bits per heavy atom. The first-order valence-corrected chi connectivity index (χ1v) is 6.17. The number of hydrogen-bond donors (Lipinski definition) is 1. The summed E-state index contributed by atoms with van der Waals surface area (Å²) in [5.74, 6) is 3.33. The Morgan fingerprint density at radius 2 is 1.67 bits per heavy atom. The molecule has 0 saturated heterocycles. The molecule has 4 heteroatoms. The van der Waals surface area contributed by atoms with E-state index in [4.69, 9.17) is 19.9 Å². The van der Waals surface area contributed by atoms with Crippen LogP contribution in [0.15, 0.2) is 12.1 Å². The first-order chi connectivity index (χ1) is 8.62. The predicted octanol–water partition coefficient (Wildman–Crippen LogP) is 2.16. The molecule has 0 bridgehead atoms. The molecule has 3 atom stereocenters. The van der Waals surface area contributed by atoms with Crippen LogP contribution in [0.1, 0.15) is 24.8 Å². The molecule has 1 fully saturated rings. The number of benzene rings is 1. The SMILES string of the molecule is COc1cc(OC)c([C@H]2C[C@@H]2[C@H](C)N)c(OC)c1. The van der Waals surface area contributed by atoms with E-state index in [1.807, 2.05) is 19.1 Å². The van der Waals surface area contributed by atoms with E-state index >= 15 is 0 Å². The van der Waals surface area contributed by atoms with Crippen molar-refractivity contribution in [2.45, 2.75) is 25.3 Å². The van der Waals surface area contributed by atoms with Gasteiger partial charge in [-0.25, -0.2) is 0 Å². The van der Waals surface area contributed by atoms with Crippen molar-refractivity contribution in [3.05, 3.63) is 17.7 Å². The summed E-state index contributed by atoms with van der Waals surface area (Å²) in [7, 11) is 4.97. The third-order valence-electron chi connectivity index (χ3n) is 3.64. The molecule has 0 aliphatic heterocycles. The van der Waals surface area contributed by atoms with Gasteiger partial charge in [-0.3, -0.25) is 0 Å². The fourth-order valence-corrected chi connectivity index (χ4v) is 2.53. The van der Waals surface area contributed by atoms with E-state index in [0.29, 0.717) is 11.8 Å². The van der Waals surface area contributed by atoms with Gasteiger partial charge in [-0.2, -0.15) is 0 Å². The summed E-state index contributed by atoms with van der Waals surface area (Å²) in [5.41, 5.74) is 7.07. The van der Waals surface area contributed by atoms with Gasteiger partial charge in [-0.05, 0) is 25.2 Å². The van der Waals surface area contributed by atoms with Crippen LogP contribution >= 0.6 is 0 Å². The van der Waals surface area contributed by atoms with Crippen molar-refractivity contribution in [2.24, 2.45) is 11.7 Å². The van der Waals surface area contributed by atoms with E-state index in [-0.39, 0.29) is 6.04 Å². The molecule has 0 radical (unpaired) electrons. The summed E-state index contributed by atoms with van der Waals surface area (Å²) < 4.78 is 16.2. The lowest BCUT2D eigenvalue weighted by Crippen LogP contribution is -2.18. The van der Waals surface area contributed by atoms with Crippen molar-refractivity contribution in [2.75, 3.05) is 21.3 Å². The molecule has 4 nitrogen and oxygen atoms in total. The van der Waals surface area contributed by atoms with Gasteiger partial charge in [0.15, 0.2) is 0 Å². The van der Waals surface area contributed by atoms with Crippen LogP contribution in [0.25, 0.3) is 0 Å². The minimum absolute atomic E-state index is 0.200. The standard InChI is InChI=1S/C14H21NO3/c1-8(15)10-7-11(10)14-12(17-3)5-9(16-2)6-13(14)18-4/h5-6,8,10-11H,7,15H2,1-4H3/t8-,10+,11-/m0/s1. The smallest absolute Gasteiger partial charge is 0.129 e. The largest absolute Gasteiger partial charge is 0.496 e. The molecule has 1 aliphatic rings. The maximum absolute atomic E-state index is 5.96. The molecule has 1 saturated carbocycles. The molecule has 0 unspecified atom stereocenters. The highest BCUT2D eigenvalue weighted by atomic mass is 16.5. The Balaban J connectivity index is 2.39. The molecule has 100 valence electrons. The minimum Gasteiger partial charge on any atom is -0.496 e. The van der Waals surface area contributed by atoms with Gasteiger partial charge in [-0.15, -0.1) is 0 Å². The molecule has 2 N–H and O–H groups in total. The van der Waals surface area contributed by atoms with E-state index in [1.54, 1.807) is 21.3 Å². The van der Waals surface area contributed by atoms with Gasteiger partial charge in [0.2, 0.25) is 0 Å². The second kappa shape index (κ2) is 5.06. The predicted molar refractivity (Wildman–Crippen MR) is 70.6 cm³/mol. The Labute approximate surface area is 108 Å². The van der Waals surface area contributed by atoms with Gasteiger partial charge in [0.05, 0.1) is 21.3 Å². The fourth-order valence-electron chi connectivity index (χ4n) is 2.53. The Kier molecular flexibility index (Phi) is 3.66. The van der Waals surface area contributed by atoms with Crippen LogP contribution in [0.5, 0.6) is 17.2 Å². The summed E-state index contributed by atoms with van der Waals surface area (Å²) >= 11 is 0. The molecule has 1 aliphatic carbocycles. The number of ether oxygens (including phenoxy) is 3. The zero-order valence-corrected chi connectivity index (χ0v) is 11.4. The first-order valence-electron chi connectivity index (χ1n) is 6.17. The maximum Gasteiger partial charge on any atom is 0.129 e. The maximum atomic E-state index is 5.96. The summed E-state index contributed by atoms with van der Waals surface area (Å²) in [4.78, 5) is 0. The van der Waals surface area contributed by atoms with Gasteiger partial charge >= 0.3 is 0 Å². The van der Waals surface area contributed by atoms with Crippen molar-refractivity contribution < 1.29 is 14.2 Å². The third kappa shape index (κ3) is 2.25. The third-order valence-corrected chi connectivity index (χ3v) is 3.64. The summed E-state index contributed by atoms with van der Waals surface area (Å²) in [6.07, 6.45) is 1.09. The zero-order valence-electron chi connectivity index (χ0n) is 11.4. The van der Waals surface area contributed by atoms with Gasteiger partial charge in [0.1, 0.15) is 17.2 Å². The van der Waals surface area contributed by atoms with Crippen molar-refractivity contribution in [3.63, 3.8) is 0 Å². The van der Waals surface area contributed by atoms with Crippen molar-refractivity contribution in [1.82, 2.24) is 0 Å². The second-order valence-corrected chi connectivity index (χ2v) is 4.81. The summed E-state index contributed by atoms with van der Waals surface area (Å²) in [6, 6.07) is 3.99. The topological polar surface area (TPSA) is 53.7 Å². The van der Waals surface area contributed by atoms with Crippen LogP contribution in [-0.2, 0) is 0 Å². The van der Waals surface area contributed by atoms with Crippen LogP contribution < -0.4 is 19.9 Å². The first kappa shape index (κ1) is 13.0. The molecule has 2 rings (SSSR count). The Hall–Kier alpha value is -1.42. The van der Waals surface area contributed by atoms with E-state index in [9.17, 15) is 0 Å². The molecule has 0 aromatic heterocycles. The number of rotatable bonds is 5. The highest BCUT2D eigenvalue weighted by Gasteiger charge is 2.44. The lowest BCUT2D eigenvalue weighted by atomic mass is 10.0. The molecule has 18 heavy (non-hydrogen) atoms. The highest BCUT2D eigenvalue weighted by molar-refractivity contribution is 5.54. The van der Waals surface area contributed by atoms with Gasteiger partial charge < -0.3 is 19.9 Å². The second-order valence-electron chi connectivity index (χ2n) is 4.81. The normalized spacial score (nSPS) is 23.4. The minimum atomic E-state index is 0.200. The van der Waals surface area contributed by atoms with Crippen molar-refractivity contribution in [3.8, 4) is 17.2 Å². The molecule has 0 spiro atoms. The van der Waals surface area contributed by atoms with E-state index in [2.05, 4.69) is 0 Å². The zero-order chi connectivity index (χ0) is 13.3. The lowest BCUT2D eigenvalue weighted by molar-refractivity contribution is 0.367. The molecular weight excluding hydrogens is 230 g/mol. The van der Waals surface area contributed by atoms with Gasteiger partial charge in [0, 0.05) is 23.7 Å². The summed E-state index contributed by atoms with van der Waals surface area (Å²) in [5, 5.41) is 0. The number of nitrogens with two attached hydrogens (primary N) is 1. The molecule has 1 aromatic rings. The fraction of sp³-hybridized carbons (Fsp3) is 0.571. The van der Waals surface area contributed by atoms with E-state index in [1.165, 1.54) is 0 Å². The van der Waals surface area contributed by atoms with E-state index in [0.717, 1.165) is 29.2 Å². The van der Waals surface area contributed by atoms with Gasteiger partial charge in [0.25, 0.3) is 0 Å². The van der Waals surface area contributed by atoms with Crippen LogP contribution in [0.2, 0.25) is 0 Å². The number of hydrogen-bond acceptors (Lipinski definition) is 4. The van der Waals surface area contributed by atoms with Crippen LogP contribution in [-0.4, -0.2) is 27.4 Å². The van der Waals surface area contributed by atoms with Crippen LogP contribution in [0.3, 0.4) is 0 Å². The molecule has 1 aromatic carbocycles. The average Bonchev–Trinajstić information content (AvgIpc) is 3.17. The Morgan fingerprint density at radius 1 is 1.11 bits per heavy atom. The lowest BCUT2D eigenvalue weighted by Gasteiger charge is -2.15. The summed E-state index contributed by atoms with van der Waals surface area (Å²) in [6.45, 7) is 2.05. The number of methoxy groups -OCH3 is 3. The Bertz CT molecular complexity index is 406. The van der Waals surface area contributed by atoms with Crippen LogP contribution in [0, 0.1) is 5.92 Å². The van der Waals surface area contributed by atoms with Crippen molar-refractivity contribution in [1.29, 1.82) is 0 Å². The van der Waals surface area contributed by atoms with E-state index < -0.39 is 0 Å². The quantitative estimate of drug-likeness (QED) is 0.871. The monoisotopic (exact) mass is 251 g/mol. The molecular formula is C14H21NO3. The van der Waals surface area contributed by atoms with Crippen molar-refractivity contribution >= 4 is 0 Å². The van der Waals surface area contributed by atoms with Crippen LogP contribution in [0.4, 0.5) is 0 Å². The highest BCUT2D eigenvalue weighted by Crippen LogP contribution is 2.55. The van der Waals surface area contributed by atoms with Gasteiger partial charge in [-0.1, -0.05) is 0 Å². The average molecular weight is 251 g/mol.